The number of carbonyl (C=O) groups excluding carboxylic acids is 1. The van der Waals surface area contributed by atoms with Crippen LogP contribution in [0.15, 0.2) is 18.2 Å². The summed E-state index contributed by atoms with van der Waals surface area (Å²) in [6.45, 7) is 8.24. The molecule has 1 unspecified atom stereocenters. The maximum atomic E-state index is 12.5. The molecule has 1 atom stereocenters. The van der Waals surface area contributed by atoms with Crippen LogP contribution in [0.5, 0.6) is 0 Å². The number of carbonyl (C=O) groups is 1. The second kappa shape index (κ2) is 6.20. The summed E-state index contributed by atoms with van der Waals surface area (Å²) < 4.78 is 0. The Hall–Kier alpha value is -1.35. The molecule has 0 amide bonds. The van der Waals surface area contributed by atoms with E-state index < -0.39 is 0 Å². The average Bonchev–Trinajstić information content (AvgIpc) is 2.85. The van der Waals surface area contributed by atoms with E-state index in [9.17, 15) is 4.79 Å². The van der Waals surface area contributed by atoms with Gasteiger partial charge in [-0.2, -0.15) is 0 Å². The van der Waals surface area contributed by atoms with Crippen LogP contribution >= 0.6 is 0 Å². The van der Waals surface area contributed by atoms with Crippen molar-refractivity contribution < 1.29 is 4.79 Å². The minimum absolute atomic E-state index is 0.0604. The fraction of sp³-hybridized carbons (Fsp3) is 0.562. The van der Waals surface area contributed by atoms with Gasteiger partial charge in [0.1, 0.15) is 0 Å². The normalized spacial score (nSPS) is 15.2. The van der Waals surface area contributed by atoms with Crippen molar-refractivity contribution in [1.29, 1.82) is 0 Å². The summed E-state index contributed by atoms with van der Waals surface area (Å²) in [6, 6.07) is 5.97. The van der Waals surface area contributed by atoms with Crippen molar-refractivity contribution in [2.75, 3.05) is 18.4 Å². The molecule has 0 bridgehead atoms. The van der Waals surface area contributed by atoms with E-state index in [4.69, 9.17) is 0 Å². The Balaban J connectivity index is 2.09. The van der Waals surface area contributed by atoms with Gasteiger partial charge in [0.05, 0.1) is 6.04 Å². The molecule has 2 rings (SSSR count). The van der Waals surface area contributed by atoms with Gasteiger partial charge in [-0.25, -0.2) is 0 Å². The van der Waals surface area contributed by atoms with Crippen LogP contribution in [0, 0.1) is 5.92 Å². The molecular weight excluding hydrogens is 236 g/mol. The molecule has 1 aromatic carbocycles. The molecule has 104 valence electrons. The molecule has 1 aromatic rings. The Morgan fingerprint density at radius 3 is 2.89 bits per heavy atom. The van der Waals surface area contributed by atoms with Gasteiger partial charge in [-0.1, -0.05) is 20.8 Å². The third kappa shape index (κ3) is 3.35. The Morgan fingerprint density at radius 1 is 1.42 bits per heavy atom. The zero-order valence-electron chi connectivity index (χ0n) is 12.1. The van der Waals surface area contributed by atoms with Gasteiger partial charge in [-0.15, -0.1) is 0 Å². The molecule has 0 spiro atoms. The lowest BCUT2D eigenvalue weighted by atomic mass is 9.99. The van der Waals surface area contributed by atoms with Crippen molar-refractivity contribution >= 4 is 11.5 Å². The predicted molar refractivity (Wildman–Crippen MR) is 79.9 cm³/mol. The van der Waals surface area contributed by atoms with E-state index in [1.807, 2.05) is 12.1 Å². The van der Waals surface area contributed by atoms with Crippen molar-refractivity contribution in [3.8, 4) is 0 Å². The number of nitrogens with one attached hydrogen (secondary N) is 2. The monoisotopic (exact) mass is 260 g/mol. The van der Waals surface area contributed by atoms with Gasteiger partial charge in [0.25, 0.3) is 0 Å². The van der Waals surface area contributed by atoms with Crippen molar-refractivity contribution in [1.82, 2.24) is 5.32 Å². The topological polar surface area (TPSA) is 41.1 Å². The second-order valence-electron chi connectivity index (χ2n) is 5.68. The minimum Gasteiger partial charge on any atom is -0.384 e. The molecule has 0 saturated carbocycles. The fourth-order valence-electron chi connectivity index (χ4n) is 2.46. The van der Waals surface area contributed by atoms with Gasteiger partial charge in [0.15, 0.2) is 5.78 Å². The third-order valence-corrected chi connectivity index (χ3v) is 3.60. The van der Waals surface area contributed by atoms with Crippen molar-refractivity contribution in [2.24, 2.45) is 5.92 Å². The van der Waals surface area contributed by atoms with Crippen LogP contribution in [0.1, 0.15) is 43.1 Å². The average molecular weight is 260 g/mol. The fourth-order valence-corrected chi connectivity index (χ4v) is 2.46. The number of hydrogen-bond donors (Lipinski definition) is 2. The van der Waals surface area contributed by atoms with E-state index in [-0.39, 0.29) is 11.8 Å². The summed E-state index contributed by atoms with van der Waals surface area (Å²) in [6.07, 6.45) is 1.85. The third-order valence-electron chi connectivity index (χ3n) is 3.60. The van der Waals surface area contributed by atoms with Gasteiger partial charge in [-0.3, -0.25) is 4.79 Å². The van der Waals surface area contributed by atoms with Gasteiger partial charge in [0, 0.05) is 17.8 Å². The second-order valence-corrected chi connectivity index (χ2v) is 5.68. The maximum Gasteiger partial charge on any atom is 0.179 e. The number of ketones is 1. The van der Waals surface area contributed by atoms with Crippen LogP contribution in [0.2, 0.25) is 0 Å². The first-order valence-electron chi connectivity index (χ1n) is 7.26. The number of hydrogen-bond acceptors (Lipinski definition) is 3. The molecule has 3 heteroatoms. The van der Waals surface area contributed by atoms with Crippen LogP contribution in [-0.4, -0.2) is 24.9 Å². The number of anilines is 1. The van der Waals surface area contributed by atoms with Gasteiger partial charge in [-0.05, 0) is 49.1 Å². The molecule has 0 fully saturated rings. The molecule has 0 saturated heterocycles. The Morgan fingerprint density at radius 2 is 2.21 bits per heavy atom. The highest BCUT2D eigenvalue weighted by molar-refractivity contribution is 6.00. The maximum absolute atomic E-state index is 12.5. The van der Waals surface area contributed by atoms with Crippen molar-refractivity contribution in [3.05, 3.63) is 29.3 Å². The van der Waals surface area contributed by atoms with Gasteiger partial charge >= 0.3 is 0 Å². The number of Topliss-reactive ketones (excluding diaryl/α,β-unsaturated/α-hetero) is 1. The van der Waals surface area contributed by atoms with Gasteiger partial charge in [0.2, 0.25) is 0 Å². The van der Waals surface area contributed by atoms with E-state index in [1.54, 1.807) is 0 Å². The van der Waals surface area contributed by atoms with E-state index in [1.165, 1.54) is 11.3 Å². The Kier molecular flexibility index (Phi) is 4.59. The first-order chi connectivity index (χ1) is 9.11. The molecule has 2 N–H and O–H groups in total. The van der Waals surface area contributed by atoms with Gasteiger partial charge < -0.3 is 10.6 Å². The van der Waals surface area contributed by atoms with E-state index in [0.29, 0.717) is 5.92 Å². The van der Waals surface area contributed by atoms with E-state index >= 15 is 0 Å². The van der Waals surface area contributed by atoms with E-state index in [0.717, 1.165) is 31.5 Å². The highest BCUT2D eigenvalue weighted by Gasteiger charge is 2.20. The number of benzene rings is 1. The van der Waals surface area contributed by atoms with Crippen LogP contribution < -0.4 is 10.6 Å². The summed E-state index contributed by atoms with van der Waals surface area (Å²) in [4.78, 5) is 12.5. The first kappa shape index (κ1) is 14.1. The molecule has 0 radical (unpaired) electrons. The number of fused-ring (bicyclic) bond motifs is 1. The molecule has 3 nitrogen and oxygen atoms in total. The predicted octanol–water partition coefficient (Wildman–Crippen LogP) is 2.86. The summed E-state index contributed by atoms with van der Waals surface area (Å²) in [5.74, 6) is 0.781. The smallest absolute Gasteiger partial charge is 0.179 e. The Bertz CT molecular complexity index is 454. The molecule has 1 aliphatic rings. The Labute approximate surface area is 115 Å². The highest BCUT2D eigenvalue weighted by Crippen LogP contribution is 2.23. The lowest BCUT2D eigenvalue weighted by Gasteiger charge is -2.17. The summed E-state index contributed by atoms with van der Waals surface area (Å²) in [5.41, 5.74) is 3.29. The standard InChI is InChI=1S/C16H24N2O/c1-4-14(18-10-11(2)3)16(19)13-5-6-15-12(9-13)7-8-17-15/h5-6,9,11,14,17-18H,4,7-8,10H2,1-3H3. The lowest BCUT2D eigenvalue weighted by Crippen LogP contribution is -2.38. The first-order valence-corrected chi connectivity index (χ1v) is 7.26. The van der Waals surface area contributed by atoms with Crippen molar-refractivity contribution in [3.63, 3.8) is 0 Å². The summed E-state index contributed by atoms with van der Waals surface area (Å²) >= 11 is 0. The van der Waals surface area contributed by atoms with Crippen LogP contribution in [0.4, 0.5) is 5.69 Å². The van der Waals surface area contributed by atoms with Crippen LogP contribution in [0.25, 0.3) is 0 Å². The molecule has 19 heavy (non-hydrogen) atoms. The molecule has 0 aromatic heterocycles. The SMILES string of the molecule is CCC(NCC(C)C)C(=O)c1ccc2c(c1)CCN2. The summed E-state index contributed by atoms with van der Waals surface area (Å²) in [7, 11) is 0. The molecular formula is C16H24N2O. The lowest BCUT2D eigenvalue weighted by molar-refractivity contribution is 0.0939. The molecule has 1 aliphatic heterocycles. The minimum atomic E-state index is -0.0604. The number of rotatable bonds is 6. The zero-order chi connectivity index (χ0) is 13.8. The molecule has 1 heterocycles. The van der Waals surface area contributed by atoms with E-state index in [2.05, 4.69) is 37.5 Å². The molecule has 0 aliphatic carbocycles. The van der Waals surface area contributed by atoms with Crippen molar-refractivity contribution in [2.45, 2.75) is 39.7 Å². The van der Waals surface area contributed by atoms with Crippen LogP contribution in [-0.2, 0) is 6.42 Å². The highest BCUT2D eigenvalue weighted by atomic mass is 16.1. The quantitative estimate of drug-likeness (QED) is 0.773. The largest absolute Gasteiger partial charge is 0.384 e. The van der Waals surface area contributed by atoms with Crippen LogP contribution in [0.3, 0.4) is 0 Å². The zero-order valence-corrected chi connectivity index (χ0v) is 12.1. The summed E-state index contributed by atoms with van der Waals surface area (Å²) in [5, 5.41) is 6.69.